The second-order valence-corrected chi connectivity index (χ2v) is 6.42. The zero-order valence-electron chi connectivity index (χ0n) is 14.1. The summed E-state index contributed by atoms with van der Waals surface area (Å²) in [4.78, 5) is 11.4. The molecule has 134 valence electrons. The molecule has 25 heavy (non-hydrogen) atoms. The quantitative estimate of drug-likeness (QED) is 0.860. The van der Waals surface area contributed by atoms with Crippen molar-refractivity contribution in [3.63, 3.8) is 0 Å². The predicted molar refractivity (Wildman–Crippen MR) is 90.8 cm³/mol. The van der Waals surface area contributed by atoms with Crippen LogP contribution < -0.4 is 5.43 Å². The summed E-state index contributed by atoms with van der Waals surface area (Å²) in [6.07, 6.45) is -1.35. The Bertz CT molecular complexity index is 773. The predicted octanol–water partition coefficient (Wildman–Crippen LogP) is 4.52. The van der Waals surface area contributed by atoms with Crippen molar-refractivity contribution >= 4 is 16.7 Å². The first kappa shape index (κ1) is 17.7. The van der Waals surface area contributed by atoms with Crippen molar-refractivity contribution in [3.05, 3.63) is 47.5 Å². The molecule has 0 aliphatic carbocycles. The minimum Gasteiger partial charge on any atom is -0.288 e. The minimum atomic E-state index is -4.47. The SMILES string of the molecule is CCCCc1cccc2cc(C(N3CCC(=O)N3)C(F)(F)F)ccc12. The topological polar surface area (TPSA) is 32.3 Å². The van der Waals surface area contributed by atoms with Crippen molar-refractivity contribution < 1.29 is 18.0 Å². The first-order valence-corrected chi connectivity index (χ1v) is 8.54. The molecule has 1 N–H and O–H groups in total. The molecule has 3 rings (SSSR count). The Hall–Kier alpha value is -2.08. The molecule has 1 atom stereocenters. The Balaban J connectivity index is 1.99. The lowest BCUT2D eigenvalue weighted by atomic mass is 9.96. The average Bonchev–Trinajstić information content (AvgIpc) is 2.97. The molecule has 1 aliphatic rings. The standard InChI is InChI=1S/C19H21F3N2O/c1-2-3-5-13-6-4-7-14-12-15(8-9-16(13)14)18(19(20,21)22)24-11-10-17(25)23-24/h4,6-9,12,18H,2-3,5,10-11H2,1H3,(H,23,25). The van der Waals surface area contributed by atoms with E-state index in [0.717, 1.165) is 40.6 Å². The van der Waals surface area contributed by atoms with Crippen molar-refractivity contribution in [3.8, 4) is 0 Å². The number of unbranched alkanes of at least 4 members (excludes halogenated alkanes) is 1. The van der Waals surface area contributed by atoms with Crippen LogP contribution in [0.4, 0.5) is 13.2 Å². The maximum absolute atomic E-state index is 13.6. The van der Waals surface area contributed by atoms with Crippen molar-refractivity contribution in [2.24, 2.45) is 0 Å². The van der Waals surface area contributed by atoms with Gasteiger partial charge in [-0.05, 0) is 40.8 Å². The van der Waals surface area contributed by atoms with E-state index in [2.05, 4.69) is 12.3 Å². The molecular weight excluding hydrogens is 329 g/mol. The number of fused-ring (bicyclic) bond motifs is 1. The van der Waals surface area contributed by atoms with Crippen LogP contribution in [0.3, 0.4) is 0 Å². The smallest absolute Gasteiger partial charge is 0.288 e. The third kappa shape index (κ3) is 3.79. The number of amides is 1. The number of carbonyl (C=O) groups excluding carboxylic acids is 1. The highest BCUT2D eigenvalue weighted by atomic mass is 19.4. The number of carbonyl (C=O) groups is 1. The van der Waals surface area contributed by atoms with Gasteiger partial charge in [0.2, 0.25) is 5.91 Å². The maximum Gasteiger partial charge on any atom is 0.409 e. The fourth-order valence-electron chi connectivity index (χ4n) is 3.36. The van der Waals surface area contributed by atoms with E-state index in [-0.39, 0.29) is 24.4 Å². The molecule has 1 saturated heterocycles. The summed E-state index contributed by atoms with van der Waals surface area (Å²) in [5.41, 5.74) is 3.63. The zero-order chi connectivity index (χ0) is 18.0. The van der Waals surface area contributed by atoms with Crippen molar-refractivity contribution in [1.82, 2.24) is 10.4 Å². The van der Waals surface area contributed by atoms with Crippen LogP contribution in [0.15, 0.2) is 36.4 Å². The molecule has 0 bridgehead atoms. The van der Waals surface area contributed by atoms with Crippen molar-refractivity contribution in [2.45, 2.75) is 44.8 Å². The lowest BCUT2D eigenvalue weighted by Crippen LogP contribution is -2.43. The number of alkyl halides is 3. The summed E-state index contributed by atoms with van der Waals surface area (Å²) < 4.78 is 40.9. The zero-order valence-corrected chi connectivity index (χ0v) is 14.1. The Labute approximate surface area is 144 Å². The van der Waals surface area contributed by atoms with Crippen LogP contribution >= 0.6 is 0 Å². The molecule has 2 aromatic carbocycles. The molecule has 1 heterocycles. The Morgan fingerprint density at radius 1 is 1.24 bits per heavy atom. The largest absolute Gasteiger partial charge is 0.409 e. The van der Waals surface area contributed by atoms with E-state index in [4.69, 9.17) is 0 Å². The van der Waals surface area contributed by atoms with Gasteiger partial charge in [-0.15, -0.1) is 0 Å². The molecule has 0 spiro atoms. The van der Waals surface area contributed by atoms with Crippen LogP contribution in [0.1, 0.15) is 43.4 Å². The number of hydrogen-bond donors (Lipinski definition) is 1. The lowest BCUT2D eigenvalue weighted by molar-refractivity contribution is -0.191. The molecule has 0 saturated carbocycles. The van der Waals surface area contributed by atoms with E-state index in [0.29, 0.717) is 0 Å². The van der Waals surface area contributed by atoms with Crippen molar-refractivity contribution in [1.29, 1.82) is 0 Å². The summed E-state index contributed by atoms with van der Waals surface area (Å²) in [6.45, 7) is 2.17. The van der Waals surface area contributed by atoms with Gasteiger partial charge in [-0.1, -0.05) is 43.7 Å². The summed E-state index contributed by atoms with van der Waals surface area (Å²) in [6, 6.07) is 8.81. The van der Waals surface area contributed by atoms with E-state index in [1.165, 1.54) is 6.07 Å². The fraction of sp³-hybridized carbons (Fsp3) is 0.421. The molecule has 2 aromatic rings. The van der Waals surface area contributed by atoms with E-state index in [1.54, 1.807) is 12.1 Å². The van der Waals surface area contributed by atoms with Crippen LogP contribution in [-0.4, -0.2) is 23.6 Å². The molecule has 1 aliphatic heterocycles. The highest BCUT2D eigenvalue weighted by Gasteiger charge is 2.46. The lowest BCUT2D eigenvalue weighted by Gasteiger charge is -2.29. The van der Waals surface area contributed by atoms with Gasteiger partial charge in [-0.3, -0.25) is 10.2 Å². The number of benzene rings is 2. The van der Waals surface area contributed by atoms with Crippen LogP contribution in [0, 0.1) is 0 Å². The van der Waals surface area contributed by atoms with Gasteiger partial charge in [0.05, 0.1) is 0 Å². The number of hydrogen-bond acceptors (Lipinski definition) is 2. The van der Waals surface area contributed by atoms with Crippen LogP contribution in [0.25, 0.3) is 10.8 Å². The first-order valence-electron chi connectivity index (χ1n) is 8.54. The van der Waals surface area contributed by atoms with E-state index in [1.807, 2.05) is 18.2 Å². The summed E-state index contributed by atoms with van der Waals surface area (Å²) >= 11 is 0. The summed E-state index contributed by atoms with van der Waals surface area (Å²) in [5, 5.41) is 2.78. The number of nitrogens with one attached hydrogen (secondary N) is 1. The molecule has 1 unspecified atom stereocenters. The third-order valence-corrected chi connectivity index (χ3v) is 4.58. The monoisotopic (exact) mass is 350 g/mol. The Morgan fingerprint density at radius 2 is 2.04 bits per heavy atom. The minimum absolute atomic E-state index is 0.0532. The van der Waals surface area contributed by atoms with Gasteiger partial charge in [-0.25, -0.2) is 5.01 Å². The molecular formula is C19H21F3N2O. The van der Waals surface area contributed by atoms with Crippen LogP contribution in [-0.2, 0) is 11.2 Å². The number of aryl methyl sites for hydroxylation is 1. The van der Waals surface area contributed by atoms with Gasteiger partial charge in [0.1, 0.15) is 6.04 Å². The maximum atomic E-state index is 13.6. The van der Waals surface area contributed by atoms with Gasteiger partial charge in [0.25, 0.3) is 0 Å². The second-order valence-electron chi connectivity index (χ2n) is 6.42. The number of nitrogens with zero attached hydrogens (tertiary/aromatic N) is 1. The highest BCUT2D eigenvalue weighted by Crippen LogP contribution is 2.39. The summed E-state index contributed by atoms with van der Waals surface area (Å²) in [7, 11) is 0. The molecule has 0 radical (unpaired) electrons. The van der Waals surface area contributed by atoms with E-state index in [9.17, 15) is 18.0 Å². The van der Waals surface area contributed by atoms with Crippen LogP contribution in [0.5, 0.6) is 0 Å². The van der Waals surface area contributed by atoms with Gasteiger partial charge < -0.3 is 0 Å². The molecule has 1 fully saturated rings. The third-order valence-electron chi connectivity index (χ3n) is 4.58. The molecule has 0 aromatic heterocycles. The molecule has 3 nitrogen and oxygen atoms in total. The average molecular weight is 350 g/mol. The fourth-order valence-corrected chi connectivity index (χ4v) is 3.36. The molecule has 1 amide bonds. The van der Waals surface area contributed by atoms with E-state index >= 15 is 0 Å². The highest BCUT2D eigenvalue weighted by molar-refractivity contribution is 5.86. The second kappa shape index (κ2) is 7.04. The first-order chi connectivity index (χ1) is 11.9. The summed E-state index contributed by atoms with van der Waals surface area (Å²) in [5.74, 6) is -0.378. The number of rotatable bonds is 5. The van der Waals surface area contributed by atoms with Gasteiger partial charge in [0, 0.05) is 13.0 Å². The normalized spacial score (nSPS) is 17.0. The number of hydrazine groups is 1. The Kier molecular flexibility index (Phi) is 4.99. The van der Waals surface area contributed by atoms with Gasteiger partial charge in [-0.2, -0.15) is 13.2 Å². The van der Waals surface area contributed by atoms with Gasteiger partial charge >= 0.3 is 6.18 Å². The molecule has 6 heteroatoms. The van der Waals surface area contributed by atoms with Crippen molar-refractivity contribution in [2.75, 3.05) is 6.54 Å². The van der Waals surface area contributed by atoms with E-state index < -0.39 is 12.2 Å². The van der Waals surface area contributed by atoms with Crippen LogP contribution in [0.2, 0.25) is 0 Å². The number of halogens is 3. The Morgan fingerprint density at radius 3 is 2.68 bits per heavy atom. The van der Waals surface area contributed by atoms with Gasteiger partial charge in [0.15, 0.2) is 0 Å².